The number of aryl methyl sites for hydroxylation is 5. The molecule has 0 aromatic heterocycles. The van der Waals surface area contributed by atoms with E-state index in [1.54, 1.807) is 0 Å². The minimum atomic E-state index is 0.898. The second kappa shape index (κ2) is 16.0. The maximum Gasteiger partial charge on any atom is 0.00950 e. The lowest BCUT2D eigenvalue weighted by atomic mass is 9.90. The third-order valence-corrected chi connectivity index (χ3v) is 7.50. The van der Waals surface area contributed by atoms with Gasteiger partial charge in [-0.2, -0.15) is 0 Å². The number of hydrogen-bond donors (Lipinski definition) is 0. The first kappa shape index (κ1) is 29.4. The van der Waals surface area contributed by atoms with Crippen LogP contribution in [0, 0.1) is 13.8 Å². The normalized spacial score (nSPS) is 14.0. The number of rotatable bonds is 11. The van der Waals surface area contributed by atoms with Crippen LogP contribution in [0.4, 0.5) is 0 Å². The van der Waals surface area contributed by atoms with Crippen LogP contribution in [0.5, 0.6) is 0 Å². The molecule has 0 aliphatic carbocycles. The Morgan fingerprint density at radius 2 is 1.49 bits per heavy atom. The first-order chi connectivity index (χ1) is 16.9. The van der Waals surface area contributed by atoms with E-state index in [0.717, 1.165) is 25.3 Å². The molecule has 1 heteroatoms. The van der Waals surface area contributed by atoms with Crippen molar-refractivity contribution in [2.24, 2.45) is 0 Å². The summed E-state index contributed by atoms with van der Waals surface area (Å²) in [6, 6.07) is 14.5. The summed E-state index contributed by atoms with van der Waals surface area (Å²) in [5.74, 6) is 0. The summed E-state index contributed by atoms with van der Waals surface area (Å²) in [6.07, 6.45) is 14.4. The molecular formula is C34H53N. The Labute approximate surface area is 218 Å². The van der Waals surface area contributed by atoms with E-state index in [1.165, 1.54) is 103 Å². The molecule has 2 aromatic rings. The fourth-order valence-corrected chi connectivity index (χ4v) is 5.65. The molecule has 0 N–H and O–H groups in total. The van der Waals surface area contributed by atoms with Gasteiger partial charge in [-0.15, -0.1) is 0 Å². The molecule has 1 aliphatic heterocycles. The van der Waals surface area contributed by atoms with Crippen LogP contribution in [0.15, 0.2) is 43.0 Å². The Bertz CT molecular complexity index is 864. The fraction of sp³-hybridized carbons (Fsp3) is 0.588. The molecule has 1 heterocycles. The summed E-state index contributed by atoms with van der Waals surface area (Å²) >= 11 is 0. The average molecular weight is 476 g/mol. The lowest BCUT2D eigenvalue weighted by Gasteiger charge is -2.34. The van der Waals surface area contributed by atoms with Crippen LogP contribution < -0.4 is 0 Å². The van der Waals surface area contributed by atoms with Crippen LogP contribution in [0.1, 0.15) is 112 Å². The average Bonchev–Trinajstić information content (AvgIpc) is 2.85. The molecule has 1 nitrogen and oxygen atoms in total. The third kappa shape index (κ3) is 9.96. The van der Waals surface area contributed by atoms with Crippen molar-refractivity contribution in [3.8, 4) is 0 Å². The van der Waals surface area contributed by atoms with E-state index < -0.39 is 0 Å². The monoisotopic (exact) mass is 475 g/mol. The molecule has 1 fully saturated rings. The molecule has 0 atom stereocenters. The zero-order chi connectivity index (χ0) is 25.6. The van der Waals surface area contributed by atoms with Crippen molar-refractivity contribution in [3.05, 3.63) is 76.4 Å². The van der Waals surface area contributed by atoms with Crippen LogP contribution in [0.25, 0.3) is 5.57 Å². The molecule has 0 radical (unpaired) electrons. The molecule has 0 unspecified atom stereocenters. The molecule has 2 aromatic carbocycles. The minimum absolute atomic E-state index is 0.898. The summed E-state index contributed by atoms with van der Waals surface area (Å²) in [7, 11) is 0. The number of hydrogen-bond acceptors (Lipinski definition) is 1. The van der Waals surface area contributed by atoms with Gasteiger partial charge < -0.3 is 4.90 Å². The van der Waals surface area contributed by atoms with E-state index in [2.05, 4.69) is 89.4 Å². The molecule has 0 spiro atoms. The van der Waals surface area contributed by atoms with E-state index >= 15 is 0 Å². The number of benzene rings is 2. The van der Waals surface area contributed by atoms with Gasteiger partial charge in [-0.25, -0.2) is 0 Å². The summed E-state index contributed by atoms with van der Waals surface area (Å²) in [4.78, 5) is 2.73. The van der Waals surface area contributed by atoms with Crippen LogP contribution in [-0.4, -0.2) is 24.0 Å². The predicted octanol–water partition coefficient (Wildman–Crippen LogP) is 9.52. The Morgan fingerprint density at radius 3 is 2.03 bits per heavy atom. The van der Waals surface area contributed by atoms with E-state index in [-0.39, 0.29) is 0 Å². The summed E-state index contributed by atoms with van der Waals surface area (Å²) < 4.78 is 0. The summed E-state index contributed by atoms with van der Waals surface area (Å²) in [5.41, 5.74) is 9.61. The van der Waals surface area contributed by atoms with Crippen molar-refractivity contribution in [3.63, 3.8) is 0 Å². The lowest BCUT2D eigenvalue weighted by Crippen LogP contribution is -2.39. The number of nitrogens with zero attached hydrogens (tertiary/aromatic N) is 1. The predicted molar refractivity (Wildman–Crippen MR) is 157 cm³/mol. The topological polar surface area (TPSA) is 3.24 Å². The number of allylic oxidation sites excluding steroid dienone is 1. The standard InChI is InChI=1S/C22H28.C12H25N/c1-6-19-14-18(5)22(16(2)3)21(15-19)9-7-8-20-12-10-17(4)11-13-20;1-3-8-12(9-4-2)13-10-6-5-7-11-13/h10-15H,2,6-9H2,1,3-5H3;12H,3-11H2,1-2H3. The SMILES string of the molecule is C=C(C)c1c(C)cc(CC)cc1CCCc1ccc(C)cc1.CCCC(CCC)N1CCCCC1. The van der Waals surface area contributed by atoms with Crippen molar-refractivity contribution < 1.29 is 0 Å². The Balaban J connectivity index is 0.000000283. The highest BCUT2D eigenvalue weighted by Gasteiger charge is 2.18. The van der Waals surface area contributed by atoms with Gasteiger partial charge in [-0.1, -0.05) is 94.1 Å². The van der Waals surface area contributed by atoms with Gasteiger partial charge in [0.25, 0.3) is 0 Å². The highest BCUT2D eigenvalue weighted by Crippen LogP contribution is 2.26. The molecule has 194 valence electrons. The Kier molecular flexibility index (Phi) is 13.4. The highest BCUT2D eigenvalue weighted by atomic mass is 15.2. The van der Waals surface area contributed by atoms with Crippen LogP contribution in [0.2, 0.25) is 0 Å². The first-order valence-electron chi connectivity index (χ1n) is 14.5. The zero-order valence-electron chi connectivity index (χ0n) is 23.9. The van der Waals surface area contributed by atoms with Gasteiger partial charge in [0.2, 0.25) is 0 Å². The highest BCUT2D eigenvalue weighted by molar-refractivity contribution is 5.68. The molecular weight excluding hydrogens is 422 g/mol. The van der Waals surface area contributed by atoms with Gasteiger partial charge in [-0.05, 0) is 113 Å². The van der Waals surface area contributed by atoms with E-state index in [9.17, 15) is 0 Å². The maximum absolute atomic E-state index is 4.18. The molecule has 0 bridgehead atoms. The fourth-order valence-electron chi connectivity index (χ4n) is 5.65. The zero-order valence-corrected chi connectivity index (χ0v) is 23.9. The summed E-state index contributed by atoms with van der Waals surface area (Å²) in [5, 5.41) is 0. The van der Waals surface area contributed by atoms with Crippen molar-refractivity contribution in [2.45, 2.75) is 118 Å². The van der Waals surface area contributed by atoms with Gasteiger partial charge in [0, 0.05) is 6.04 Å². The van der Waals surface area contributed by atoms with E-state index in [0.29, 0.717) is 0 Å². The van der Waals surface area contributed by atoms with Crippen molar-refractivity contribution in [1.82, 2.24) is 4.90 Å². The molecule has 35 heavy (non-hydrogen) atoms. The number of likely N-dealkylation sites (tertiary alicyclic amines) is 1. The van der Waals surface area contributed by atoms with Gasteiger partial charge in [-0.3, -0.25) is 0 Å². The Hall–Kier alpha value is -1.86. The lowest BCUT2D eigenvalue weighted by molar-refractivity contribution is 0.146. The molecule has 0 amide bonds. The second-order valence-corrected chi connectivity index (χ2v) is 10.7. The quantitative estimate of drug-likeness (QED) is 0.313. The first-order valence-corrected chi connectivity index (χ1v) is 14.5. The van der Waals surface area contributed by atoms with Gasteiger partial charge in [0.05, 0.1) is 0 Å². The minimum Gasteiger partial charge on any atom is -0.300 e. The molecule has 3 rings (SSSR count). The third-order valence-electron chi connectivity index (χ3n) is 7.50. The van der Waals surface area contributed by atoms with Gasteiger partial charge in [0.1, 0.15) is 0 Å². The summed E-state index contributed by atoms with van der Waals surface area (Å²) in [6.45, 7) is 20.2. The van der Waals surface area contributed by atoms with E-state index in [4.69, 9.17) is 0 Å². The molecule has 1 saturated heterocycles. The van der Waals surface area contributed by atoms with Crippen molar-refractivity contribution in [1.29, 1.82) is 0 Å². The largest absolute Gasteiger partial charge is 0.300 e. The second-order valence-electron chi connectivity index (χ2n) is 10.7. The van der Waals surface area contributed by atoms with Crippen molar-refractivity contribution in [2.75, 3.05) is 13.1 Å². The van der Waals surface area contributed by atoms with Crippen LogP contribution >= 0.6 is 0 Å². The molecule has 0 saturated carbocycles. The van der Waals surface area contributed by atoms with E-state index in [1.807, 2.05) is 0 Å². The smallest absolute Gasteiger partial charge is 0.00950 e. The Morgan fingerprint density at radius 1 is 0.857 bits per heavy atom. The maximum atomic E-state index is 4.18. The van der Waals surface area contributed by atoms with Gasteiger partial charge in [0.15, 0.2) is 0 Å². The van der Waals surface area contributed by atoms with Crippen LogP contribution in [-0.2, 0) is 19.3 Å². The number of piperidine rings is 1. The van der Waals surface area contributed by atoms with Crippen LogP contribution in [0.3, 0.4) is 0 Å². The van der Waals surface area contributed by atoms with Gasteiger partial charge >= 0.3 is 0 Å². The molecule has 1 aliphatic rings. The van der Waals surface area contributed by atoms with Crippen molar-refractivity contribution >= 4 is 5.57 Å².